The summed E-state index contributed by atoms with van der Waals surface area (Å²) in [7, 11) is 0. The van der Waals surface area contributed by atoms with E-state index in [-0.39, 0.29) is 0 Å². The van der Waals surface area contributed by atoms with E-state index in [0.717, 1.165) is 38.9 Å². The molecule has 6 nitrogen and oxygen atoms in total. The summed E-state index contributed by atoms with van der Waals surface area (Å²) >= 11 is 0. The van der Waals surface area contributed by atoms with Crippen LogP contribution in [-0.4, -0.2) is 56.8 Å². The van der Waals surface area contributed by atoms with Crippen LogP contribution in [0.5, 0.6) is 0 Å². The molecule has 1 aromatic heterocycles. The maximum Gasteiger partial charge on any atom is 0.490 e. The Hall–Kier alpha value is -2.42. The highest BCUT2D eigenvalue weighted by molar-refractivity contribution is 5.73. The van der Waals surface area contributed by atoms with Crippen LogP contribution in [-0.2, 0) is 11.2 Å². The number of aromatic nitrogens is 3. The van der Waals surface area contributed by atoms with Gasteiger partial charge in [-0.05, 0) is 44.2 Å². The summed E-state index contributed by atoms with van der Waals surface area (Å²) < 4.78 is 31.7. The molecule has 9 heteroatoms. The Bertz CT molecular complexity index is 755. The number of carboxylic acids is 1. The van der Waals surface area contributed by atoms with Crippen LogP contribution in [0.1, 0.15) is 35.6 Å². The number of aliphatic carboxylic acids is 1. The van der Waals surface area contributed by atoms with Crippen molar-refractivity contribution in [3.8, 4) is 0 Å². The highest BCUT2D eigenvalue weighted by Gasteiger charge is 2.38. The SMILES string of the molecule is Cc1ccc(CCN2CCC(n3nccn3)CC2)c(C)c1.O=C(O)C(F)(F)F. The van der Waals surface area contributed by atoms with Gasteiger partial charge in [0.25, 0.3) is 0 Å². The Morgan fingerprint density at radius 1 is 1.18 bits per heavy atom. The molecule has 0 saturated carbocycles. The molecule has 1 fully saturated rings. The van der Waals surface area contributed by atoms with Gasteiger partial charge in [0.15, 0.2) is 0 Å². The number of aryl methyl sites for hydroxylation is 2. The topological polar surface area (TPSA) is 71.2 Å². The molecule has 0 bridgehead atoms. The summed E-state index contributed by atoms with van der Waals surface area (Å²) in [4.78, 5) is 13.3. The number of nitrogens with zero attached hydrogens (tertiary/aromatic N) is 4. The van der Waals surface area contributed by atoms with E-state index >= 15 is 0 Å². The van der Waals surface area contributed by atoms with Crippen LogP contribution in [0, 0.1) is 13.8 Å². The first-order valence-corrected chi connectivity index (χ1v) is 9.11. The van der Waals surface area contributed by atoms with Gasteiger partial charge in [0, 0.05) is 19.6 Å². The molecule has 0 amide bonds. The molecule has 1 aromatic carbocycles. The molecular formula is C19H25F3N4O2. The molecule has 0 radical (unpaired) electrons. The van der Waals surface area contributed by atoms with Gasteiger partial charge in [0.1, 0.15) is 0 Å². The molecular weight excluding hydrogens is 373 g/mol. The molecule has 154 valence electrons. The van der Waals surface area contributed by atoms with Crippen LogP contribution < -0.4 is 0 Å². The number of carboxylic acid groups (broad SMARTS) is 1. The van der Waals surface area contributed by atoms with E-state index in [1.807, 2.05) is 4.80 Å². The van der Waals surface area contributed by atoms with E-state index in [0.29, 0.717) is 6.04 Å². The molecule has 28 heavy (non-hydrogen) atoms. The van der Waals surface area contributed by atoms with E-state index in [4.69, 9.17) is 9.90 Å². The average molecular weight is 398 g/mol. The number of benzene rings is 1. The summed E-state index contributed by atoms with van der Waals surface area (Å²) in [6, 6.07) is 7.27. The van der Waals surface area contributed by atoms with Gasteiger partial charge >= 0.3 is 12.1 Å². The summed E-state index contributed by atoms with van der Waals surface area (Å²) in [5, 5.41) is 15.7. The lowest BCUT2D eigenvalue weighted by atomic mass is 10.0. The fourth-order valence-electron chi connectivity index (χ4n) is 3.19. The summed E-state index contributed by atoms with van der Waals surface area (Å²) in [6.07, 6.45) is 1.92. The zero-order valence-electron chi connectivity index (χ0n) is 16.0. The van der Waals surface area contributed by atoms with E-state index < -0.39 is 12.1 Å². The quantitative estimate of drug-likeness (QED) is 0.855. The molecule has 0 atom stereocenters. The summed E-state index contributed by atoms with van der Waals surface area (Å²) in [6.45, 7) is 7.83. The van der Waals surface area contributed by atoms with Gasteiger partial charge in [-0.15, -0.1) is 0 Å². The minimum absolute atomic E-state index is 0.484. The fourth-order valence-corrected chi connectivity index (χ4v) is 3.19. The predicted octanol–water partition coefficient (Wildman–Crippen LogP) is 3.41. The van der Waals surface area contributed by atoms with Crippen molar-refractivity contribution in [1.82, 2.24) is 19.9 Å². The highest BCUT2D eigenvalue weighted by atomic mass is 19.4. The van der Waals surface area contributed by atoms with Crippen LogP contribution in [0.2, 0.25) is 0 Å². The summed E-state index contributed by atoms with van der Waals surface area (Å²) in [5.41, 5.74) is 4.26. The Morgan fingerprint density at radius 2 is 1.75 bits per heavy atom. The Kier molecular flexibility index (Phi) is 7.56. The lowest BCUT2D eigenvalue weighted by Gasteiger charge is -2.31. The maximum atomic E-state index is 10.6. The Balaban J connectivity index is 0.000000345. The van der Waals surface area contributed by atoms with Gasteiger partial charge in [-0.25, -0.2) is 4.79 Å². The number of halogens is 3. The van der Waals surface area contributed by atoms with Gasteiger partial charge in [0.2, 0.25) is 0 Å². The van der Waals surface area contributed by atoms with Crippen molar-refractivity contribution in [3.05, 3.63) is 47.3 Å². The molecule has 1 aliphatic rings. The number of likely N-dealkylation sites (tertiary alicyclic amines) is 1. The molecule has 1 saturated heterocycles. The number of alkyl halides is 3. The molecule has 1 N–H and O–H groups in total. The largest absolute Gasteiger partial charge is 0.490 e. The smallest absolute Gasteiger partial charge is 0.475 e. The fraction of sp³-hybridized carbons (Fsp3) is 0.526. The van der Waals surface area contributed by atoms with Crippen LogP contribution >= 0.6 is 0 Å². The Labute approximate surface area is 162 Å². The lowest BCUT2D eigenvalue weighted by molar-refractivity contribution is -0.192. The molecule has 2 aromatic rings. The molecule has 0 aliphatic carbocycles. The summed E-state index contributed by atoms with van der Waals surface area (Å²) in [5.74, 6) is -2.76. The first-order valence-electron chi connectivity index (χ1n) is 9.11. The van der Waals surface area contributed by atoms with Crippen molar-refractivity contribution >= 4 is 5.97 Å². The molecule has 0 spiro atoms. The number of carbonyl (C=O) groups is 1. The molecule has 0 unspecified atom stereocenters. The Morgan fingerprint density at radius 3 is 2.25 bits per heavy atom. The molecule has 3 rings (SSSR count). The second kappa shape index (κ2) is 9.68. The van der Waals surface area contributed by atoms with Crippen molar-refractivity contribution in [2.75, 3.05) is 19.6 Å². The predicted molar refractivity (Wildman–Crippen MR) is 98.0 cm³/mol. The molecule has 1 aliphatic heterocycles. The standard InChI is InChI=1S/C17H24N4.C2HF3O2/c1-14-3-4-16(15(2)13-14)5-10-20-11-6-17(7-12-20)21-18-8-9-19-21;3-2(4,5)1(6)7/h3-4,8-9,13,17H,5-7,10-12H2,1-2H3;(H,6,7). The third kappa shape index (κ3) is 6.63. The zero-order valence-corrected chi connectivity index (χ0v) is 16.0. The van der Waals surface area contributed by atoms with E-state index in [9.17, 15) is 13.2 Å². The number of rotatable bonds is 4. The van der Waals surface area contributed by atoms with Crippen molar-refractivity contribution in [2.24, 2.45) is 0 Å². The van der Waals surface area contributed by atoms with Crippen molar-refractivity contribution < 1.29 is 23.1 Å². The first-order chi connectivity index (χ1) is 13.2. The van der Waals surface area contributed by atoms with Crippen LogP contribution in [0.25, 0.3) is 0 Å². The second-order valence-electron chi connectivity index (χ2n) is 6.91. The maximum absolute atomic E-state index is 10.6. The van der Waals surface area contributed by atoms with Crippen LogP contribution in [0.4, 0.5) is 13.2 Å². The lowest BCUT2D eigenvalue weighted by Crippen LogP contribution is -2.36. The minimum atomic E-state index is -5.08. The van der Waals surface area contributed by atoms with E-state index in [1.165, 1.54) is 16.7 Å². The third-order valence-electron chi connectivity index (χ3n) is 4.76. The normalized spacial score (nSPS) is 15.8. The van der Waals surface area contributed by atoms with Crippen LogP contribution in [0.15, 0.2) is 30.6 Å². The van der Waals surface area contributed by atoms with Gasteiger partial charge in [0.05, 0.1) is 18.4 Å². The number of piperidine rings is 1. The van der Waals surface area contributed by atoms with E-state index in [2.05, 4.69) is 47.1 Å². The van der Waals surface area contributed by atoms with Gasteiger partial charge in [-0.1, -0.05) is 23.8 Å². The average Bonchev–Trinajstić information content (AvgIpc) is 3.16. The van der Waals surface area contributed by atoms with E-state index in [1.54, 1.807) is 12.4 Å². The van der Waals surface area contributed by atoms with Gasteiger partial charge in [-0.2, -0.15) is 28.2 Å². The zero-order chi connectivity index (χ0) is 20.7. The van der Waals surface area contributed by atoms with Crippen molar-refractivity contribution in [1.29, 1.82) is 0 Å². The van der Waals surface area contributed by atoms with Crippen LogP contribution in [0.3, 0.4) is 0 Å². The van der Waals surface area contributed by atoms with Crippen molar-refractivity contribution in [2.45, 2.75) is 45.3 Å². The first kappa shape index (κ1) is 21.9. The molecule has 2 heterocycles. The second-order valence-corrected chi connectivity index (χ2v) is 6.91. The third-order valence-corrected chi connectivity index (χ3v) is 4.76. The van der Waals surface area contributed by atoms with Gasteiger partial charge < -0.3 is 10.0 Å². The highest BCUT2D eigenvalue weighted by Crippen LogP contribution is 2.21. The number of hydrogen-bond donors (Lipinski definition) is 1. The number of hydrogen-bond acceptors (Lipinski definition) is 4. The van der Waals surface area contributed by atoms with Crippen molar-refractivity contribution in [3.63, 3.8) is 0 Å². The van der Waals surface area contributed by atoms with Gasteiger partial charge in [-0.3, -0.25) is 0 Å². The monoisotopic (exact) mass is 398 g/mol. The minimum Gasteiger partial charge on any atom is -0.475 e.